The molecule has 0 saturated carbocycles. The van der Waals surface area contributed by atoms with Crippen molar-refractivity contribution in [2.24, 2.45) is 0 Å². The molecule has 2 atom stereocenters. The molecule has 0 amide bonds. The minimum absolute atomic E-state index is 0.355. The van der Waals surface area contributed by atoms with Crippen molar-refractivity contribution >= 4 is 11.3 Å². The summed E-state index contributed by atoms with van der Waals surface area (Å²) in [6.45, 7) is 0. The molecule has 2 unspecified atom stereocenters. The Kier molecular flexibility index (Phi) is 3.31. The smallest absolute Gasteiger partial charge is 0.0552 e. The van der Waals surface area contributed by atoms with Crippen molar-refractivity contribution in [1.82, 2.24) is 0 Å². The Bertz CT molecular complexity index is 967. The number of rotatable bonds is 2. The first-order valence-electron chi connectivity index (χ1n) is 8.80. The van der Waals surface area contributed by atoms with E-state index in [0.29, 0.717) is 12.0 Å². The third kappa shape index (κ3) is 2.49. The van der Waals surface area contributed by atoms with Crippen LogP contribution in [0.1, 0.15) is 17.0 Å². The van der Waals surface area contributed by atoms with Crippen molar-refractivity contribution in [2.45, 2.75) is 12.0 Å². The number of hydrogen-bond acceptors (Lipinski definition) is 1. The zero-order chi connectivity index (χ0) is 16.6. The van der Waals surface area contributed by atoms with Gasteiger partial charge in [-0.05, 0) is 33.9 Å². The number of benzene rings is 3. The van der Waals surface area contributed by atoms with Crippen molar-refractivity contribution in [3.8, 4) is 11.1 Å². The fourth-order valence-electron chi connectivity index (χ4n) is 3.89. The van der Waals surface area contributed by atoms with Crippen LogP contribution in [0.25, 0.3) is 16.7 Å². The van der Waals surface area contributed by atoms with Gasteiger partial charge in [-0.25, -0.2) is 0 Å². The quantitative estimate of drug-likeness (QED) is 0.621. The van der Waals surface area contributed by atoms with Gasteiger partial charge in [0.05, 0.1) is 6.04 Å². The summed E-state index contributed by atoms with van der Waals surface area (Å²) in [6.07, 6.45) is 6.95. The summed E-state index contributed by atoms with van der Waals surface area (Å²) in [5.74, 6) is 0.403. The van der Waals surface area contributed by atoms with Crippen LogP contribution in [0, 0.1) is 0 Å². The molecule has 1 aliphatic carbocycles. The van der Waals surface area contributed by atoms with Crippen LogP contribution in [-0.2, 0) is 0 Å². The highest BCUT2D eigenvalue weighted by atomic mass is 15.0. The first-order chi connectivity index (χ1) is 12.4. The van der Waals surface area contributed by atoms with Crippen LogP contribution in [-0.4, -0.2) is 6.04 Å². The van der Waals surface area contributed by atoms with Gasteiger partial charge in [-0.1, -0.05) is 91.0 Å². The fraction of sp³-hybridized carbons (Fsp3) is 0.0833. The van der Waals surface area contributed by atoms with Gasteiger partial charge in [0.15, 0.2) is 0 Å². The first-order valence-corrected chi connectivity index (χ1v) is 8.80. The Labute approximate surface area is 148 Å². The number of anilines is 1. The van der Waals surface area contributed by atoms with Crippen LogP contribution in [0.15, 0.2) is 97.1 Å². The number of nitrogens with one attached hydrogen (secondary N) is 1. The van der Waals surface area contributed by atoms with Crippen LogP contribution in [0.3, 0.4) is 0 Å². The third-order valence-electron chi connectivity index (χ3n) is 5.18. The van der Waals surface area contributed by atoms with Gasteiger partial charge in [0, 0.05) is 11.6 Å². The lowest BCUT2D eigenvalue weighted by Crippen LogP contribution is -2.18. The highest BCUT2D eigenvalue weighted by Gasteiger charge is 2.31. The average Bonchev–Trinajstić information content (AvgIpc) is 3.06. The van der Waals surface area contributed by atoms with E-state index in [-0.39, 0.29) is 0 Å². The van der Waals surface area contributed by atoms with Crippen LogP contribution < -0.4 is 5.32 Å². The van der Waals surface area contributed by atoms with Crippen molar-refractivity contribution in [2.75, 3.05) is 5.32 Å². The summed E-state index contributed by atoms with van der Waals surface area (Å²) >= 11 is 0. The van der Waals surface area contributed by atoms with Gasteiger partial charge < -0.3 is 5.32 Å². The van der Waals surface area contributed by atoms with E-state index in [4.69, 9.17) is 0 Å². The Hall–Kier alpha value is -3.06. The maximum atomic E-state index is 3.69. The first kappa shape index (κ1) is 14.3. The Morgan fingerprint density at radius 2 is 1.40 bits per heavy atom. The largest absolute Gasteiger partial charge is 0.378 e. The van der Waals surface area contributed by atoms with E-state index in [1.54, 1.807) is 0 Å². The highest BCUT2D eigenvalue weighted by Crippen LogP contribution is 2.43. The molecule has 1 heteroatoms. The summed E-state index contributed by atoms with van der Waals surface area (Å²) < 4.78 is 0. The fourth-order valence-corrected chi connectivity index (χ4v) is 3.89. The van der Waals surface area contributed by atoms with E-state index in [2.05, 4.69) is 102 Å². The molecule has 0 spiro atoms. The molecule has 0 aromatic heterocycles. The molecule has 1 aliphatic heterocycles. The maximum absolute atomic E-state index is 3.69. The molecule has 0 bridgehead atoms. The average molecular weight is 321 g/mol. The van der Waals surface area contributed by atoms with E-state index < -0.39 is 0 Å². The molecule has 120 valence electrons. The second-order valence-electron chi connectivity index (χ2n) is 6.71. The monoisotopic (exact) mass is 321 g/mol. The minimum atomic E-state index is 0.355. The van der Waals surface area contributed by atoms with Crippen molar-refractivity contribution in [3.05, 3.63) is 108 Å². The van der Waals surface area contributed by atoms with Crippen LogP contribution in [0.5, 0.6) is 0 Å². The van der Waals surface area contributed by atoms with Gasteiger partial charge in [0.25, 0.3) is 0 Å². The zero-order valence-electron chi connectivity index (χ0n) is 13.9. The molecule has 5 rings (SSSR count). The van der Waals surface area contributed by atoms with Gasteiger partial charge in [-0.15, -0.1) is 0 Å². The topological polar surface area (TPSA) is 12.0 Å². The van der Waals surface area contributed by atoms with Crippen LogP contribution >= 0.6 is 0 Å². The molecule has 0 fully saturated rings. The maximum Gasteiger partial charge on any atom is 0.0552 e. The third-order valence-corrected chi connectivity index (χ3v) is 5.18. The second kappa shape index (κ2) is 5.78. The summed E-state index contributed by atoms with van der Waals surface area (Å²) in [4.78, 5) is 0. The number of allylic oxidation sites excluding steroid dienone is 2. The van der Waals surface area contributed by atoms with Crippen LogP contribution in [0.4, 0.5) is 5.69 Å². The lowest BCUT2D eigenvalue weighted by molar-refractivity contribution is 0.808. The van der Waals surface area contributed by atoms with E-state index in [9.17, 15) is 0 Å². The van der Waals surface area contributed by atoms with E-state index >= 15 is 0 Å². The molecule has 25 heavy (non-hydrogen) atoms. The SMILES string of the molecule is C1=CC2Nc3cc(-c4ccccc4)ccc3C2C=C1c1ccccc1. The van der Waals surface area contributed by atoms with E-state index in [1.165, 1.54) is 33.5 Å². The predicted molar refractivity (Wildman–Crippen MR) is 106 cm³/mol. The second-order valence-corrected chi connectivity index (χ2v) is 6.71. The molecular formula is C24H19N. The molecule has 1 heterocycles. The molecule has 3 aromatic carbocycles. The molecule has 2 aliphatic rings. The summed E-state index contributed by atoms with van der Waals surface area (Å²) in [5, 5.41) is 3.69. The highest BCUT2D eigenvalue weighted by molar-refractivity contribution is 5.80. The summed E-state index contributed by atoms with van der Waals surface area (Å²) in [6, 6.07) is 28.4. The number of fused-ring (bicyclic) bond motifs is 3. The number of hydrogen-bond donors (Lipinski definition) is 1. The van der Waals surface area contributed by atoms with Crippen LogP contribution in [0.2, 0.25) is 0 Å². The standard InChI is InChI=1S/C24H19N/c1-3-7-17(8-4-1)19-12-14-23-22(15-19)21-13-11-20(16-24(21)25-23)18-9-5-2-6-10-18/h1-16,22-23,25H. The summed E-state index contributed by atoms with van der Waals surface area (Å²) in [5.41, 5.74) is 7.77. The zero-order valence-corrected chi connectivity index (χ0v) is 13.9. The van der Waals surface area contributed by atoms with Crippen molar-refractivity contribution in [3.63, 3.8) is 0 Å². The normalized spacial score (nSPS) is 20.4. The molecule has 1 nitrogen and oxygen atoms in total. The lowest BCUT2D eigenvalue weighted by atomic mass is 9.86. The van der Waals surface area contributed by atoms with Gasteiger partial charge in [0.1, 0.15) is 0 Å². The Morgan fingerprint density at radius 3 is 2.16 bits per heavy atom. The predicted octanol–water partition coefficient (Wildman–Crippen LogP) is 5.88. The molecular weight excluding hydrogens is 302 g/mol. The summed E-state index contributed by atoms with van der Waals surface area (Å²) in [7, 11) is 0. The Morgan fingerprint density at radius 1 is 0.680 bits per heavy atom. The van der Waals surface area contributed by atoms with Gasteiger partial charge in [-0.3, -0.25) is 0 Å². The van der Waals surface area contributed by atoms with Gasteiger partial charge in [0.2, 0.25) is 0 Å². The van der Waals surface area contributed by atoms with Crippen molar-refractivity contribution in [1.29, 1.82) is 0 Å². The van der Waals surface area contributed by atoms with E-state index in [0.717, 1.165) is 0 Å². The van der Waals surface area contributed by atoms with Gasteiger partial charge in [-0.2, -0.15) is 0 Å². The van der Waals surface area contributed by atoms with Crippen molar-refractivity contribution < 1.29 is 0 Å². The molecule has 0 saturated heterocycles. The Balaban J connectivity index is 1.52. The molecule has 3 aromatic rings. The molecule has 0 radical (unpaired) electrons. The minimum Gasteiger partial charge on any atom is -0.378 e. The lowest BCUT2D eigenvalue weighted by Gasteiger charge is -2.19. The molecule has 1 N–H and O–H groups in total. The van der Waals surface area contributed by atoms with Gasteiger partial charge >= 0.3 is 0 Å². The van der Waals surface area contributed by atoms with E-state index in [1.807, 2.05) is 0 Å².